The van der Waals surface area contributed by atoms with Gasteiger partial charge in [0.1, 0.15) is 5.02 Å². The SMILES string of the molecule is C[C@@H]1COCCN1c1ncc(Cl)c(N2CCOC[C@H]2C)n1. The topological polar surface area (TPSA) is 50.7 Å². The first-order valence-electron chi connectivity index (χ1n) is 7.38. The monoisotopic (exact) mass is 312 g/mol. The van der Waals surface area contributed by atoms with E-state index in [1.807, 2.05) is 0 Å². The highest BCUT2D eigenvalue weighted by atomic mass is 35.5. The summed E-state index contributed by atoms with van der Waals surface area (Å²) >= 11 is 6.32. The van der Waals surface area contributed by atoms with Gasteiger partial charge in [-0.2, -0.15) is 4.98 Å². The summed E-state index contributed by atoms with van der Waals surface area (Å²) in [5, 5.41) is 0.591. The average molecular weight is 313 g/mol. The van der Waals surface area contributed by atoms with E-state index in [0.717, 1.165) is 24.9 Å². The van der Waals surface area contributed by atoms with Gasteiger partial charge in [0.05, 0.1) is 44.7 Å². The molecule has 0 unspecified atom stereocenters. The van der Waals surface area contributed by atoms with Gasteiger partial charge in [-0.05, 0) is 13.8 Å². The fourth-order valence-corrected chi connectivity index (χ4v) is 2.95. The minimum absolute atomic E-state index is 0.265. The van der Waals surface area contributed by atoms with Crippen molar-refractivity contribution in [1.82, 2.24) is 9.97 Å². The Morgan fingerprint density at radius 1 is 1.10 bits per heavy atom. The van der Waals surface area contributed by atoms with Crippen LogP contribution in [0.5, 0.6) is 0 Å². The highest BCUT2D eigenvalue weighted by Crippen LogP contribution is 2.28. The molecule has 0 amide bonds. The molecule has 6 nitrogen and oxygen atoms in total. The molecule has 2 atom stereocenters. The molecule has 0 aromatic carbocycles. The Labute approximate surface area is 130 Å². The predicted molar refractivity (Wildman–Crippen MR) is 82.3 cm³/mol. The summed E-state index contributed by atoms with van der Waals surface area (Å²) in [5.41, 5.74) is 0. The average Bonchev–Trinajstić information content (AvgIpc) is 2.49. The van der Waals surface area contributed by atoms with Crippen LogP contribution in [0.2, 0.25) is 5.02 Å². The Kier molecular flexibility index (Phi) is 4.47. The Balaban J connectivity index is 1.88. The van der Waals surface area contributed by atoms with Gasteiger partial charge in [-0.3, -0.25) is 0 Å². The quantitative estimate of drug-likeness (QED) is 0.826. The molecule has 0 bridgehead atoms. The van der Waals surface area contributed by atoms with Gasteiger partial charge in [-0.25, -0.2) is 4.98 Å². The van der Waals surface area contributed by atoms with Crippen molar-refractivity contribution in [3.8, 4) is 0 Å². The van der Waals surface area contributed by atoms with Crippen LogP contribution < -0.4 is 9.80 Å². The standard InChI is InChI=1S/C14H21ClN4O2/c1-10-8-20-5-3-18(10)13-12(15)7-16-14(17-13)19-4-6-21-9-11(19)2/h7,10-11H,3-6,8-9H2,1-2H3/t10-,11-/m1/s1. The summed E-state index contributed by atoms with van der Waals surface area (Å²) < 4.78 is 11.0. The van der Waals surface area contributed by atoms with Crippen molar-refractivity contribution in [3.05, 3.63) is 11.2 Å². The lowest BCUT2D eigenvalue weighted by Gasteiger charge is -2.36. The van der Waals surface area contributed by atoms with Crippen molar-refractivity contribution in [2.24, 2.45) is 0 Å². The zero-order valence-corrected chi connectivity index (χ0v) is 13.2. The van der Waals surface area contributed by atoms with Gasteiger partial charge in [-0.1, -0.05) is 11.6 Å². The van der Waals surface area contributed by atoms with Crippen LogP contribution in [0.4, 0.5) is 11.8 Å². The largest absolute Gasteiger partial charge is 0.377 e. The summed E-state index contributed by atoms with van der Waals surface area (Å²) in [4.78, 5) is 13.5. The number of hydrogen-bond donors (Lipinski definition) is 0. The number of anilines is 2. The molecule has 2 saturated heterocycles. The van der Waals surface area contributed by atoms with Crippen molar-refractivity contribution in [2.75, 3.05) is 49.3 Å². The first-order chi connectivity index (χ1) is 10.2. The zero-order chi connectivity index (χ0) is 14.8. The summed E-state index contributed by atoms with van der Waals surface area (Å²) in [6.07, 6.45) is 1.70. The van der Waals surface area contributed by atoms with Crippen LogP contribution in [-0.2, 0) is 9.47 Å². The molecule has 1 aromatic heterocycles. The lowest BCUT2D eigenvalue weighted by atomic mass is 10.2. The molecule has 1 aromatic rings. The molecule has 0 saturated carbocycles. The van der Waals surface area contributed by atoms with E-state index >= 15 is 0 Å². The number of hydrogen-bond acceptors (Lipinski definition) is 6. The number of nitrogens with zero attached hydrogens (tertiary/aromatic N) is 4. The number of ether oxygens (including phenoxy) is 2. The Morgan fingerprint density at radius 3 is 2.33 bits per heavy atom. The maximum atomic E-state index is 6.32. The predicted octanol–water partition coefficient (Wildman–Crippen LogP) is 1.58. The summed E-state index contributed by atoms with van der Waals surface area (Å²) in [5.74, 6) is 1.53. The van der Waals surface area contributed by atoms with E-state index < -0.39 is 0 Å². The molecule has 0 N–H and O–H groups in total. The molecular weight excluding hydrogens is 292 g/mol. The second kappa shape index (κ2) is 6.34. The minimum atomic E-state index is 0.265. The number of halogens is 1. The Morgan fingerprint density at radius 2 is 1.71 bits per heavy atom. The molecule has 2 fully saturated rings. The second-order valence-electron chi connectivity index (χ2n) is 5.58. The van der Waals surface area contributed by atoms with E-state index in [4.69, 9.17) is 26.1 Å². The first kappa shape index (κ1) is 14.8. The van der Waals surface area contributed by atoms with Gasteiger partial charge >= 0.3 is 0 Å². The number of rotatable bonds is 2. The molecule has 7 heteroatoms. The van der Waals surface area contributed by atoms with E-state index in [0.29, 0.717) is 31.5 Å². The zero-order valence-electron chi connectivity index (χ0n) is 12.5. The van der Waals surface area contributed by atoms with Gasteiger partial charge < -0.3 is 19.3 Å². The highest BCUT2D eigenvalue weighted by Gasteiger charge is 2.26. The minimum Gasteiger partial charge on any atom is -0.377 e. The van der Waals surface area contributed by atoms with Gasteiger partial charge in [0.2, 0.25) is 5.95 Å². The second-order valence-corrected chi connectivity index (χ2v) is 5.98. The van der Waals surface area contributed by atoms with Crippen molar-refractivity contribution in [3.63, 3.8) is 0 Å². The maximum Gasteiger partial charge on any atom is 0.227 e. The van der Waals surface area contributed by atoms with Crippen molar-refractivity contribution >= 4 is 23.4 Å². The van der Waals surface area contributed by atoms with Crippen LogP contribution in [0.25, 0.3) is 0 Å². The smallest absolute Gasteiger partial charge is 0.227 e. The van der Waals surface area contributed by atoms with Crippen molar-refractivity contribution in [2.45, 2.75) is 25.9 Å². The lowest BCUT2D eigenvalue weighted by molar-refractivity contribution is 0.0972. The highest BCUT2D eigenvalue weighted by molar-refractivity contribution is 6.32. The van der Waals surface area contributed by atoms with E-state index in [2.05, 4.69) is 28.6 Å². The van der Waals surface area contributed by atoms with Gasteiger partial charge in [0.15, 0.2) is 5.82 Å². The van der Waals surface area contributed by atoms with Crippen molar-refractivity contribution in [1.29, 1.82) is 0 Å². The van der Waals surface area contributed by atoms with Crippen LogP contribution in [-0.4, -0.2) is 61.6 Å². The molecule has 0 radical (unpaired) electrons. The molecule has 0 spiro atoms. The summed E-state index contributed by atoms with van der Waals surface area (Å²) in [6, 6.07) is 0.538. The molecule has 3 rings (SSSR count). The molecule has 3 heterocycles. The van der Waals surface area contributed by atoms with E-state index in [1.165, 1.54) is 0 Å². The fourth-order valence-electron chi connectivity index (χ4n) is 2.75. The van der Waals surface area contributed by atoms with E-state index in [1.54, 1.807) is 6.20 Å². The third-order valence-electron chi connectivity index (χ3n) is 3.98. The van der Waals surface area contributed by atoms with E-state index in [-0.39, 0.29) is 12.1 Å². The normalized spacial score (nSPS) is 27.0. The van der Waals surface area contributed by atoms with Crippen LogP contribution in [0.15, 0.2) is 6.20 Å². The van der Waals surface area contributed by atoms with Crippen LogP contribution in [0.3, 0.4) is 0 Å². The Hall–Kier alpha value is -1.11. The fraction of sp³-hybridized carbons (Fsp3) is 0.714. The first-order valence-corrected chi connectivity index (χ1v) is 7.76. The third kappa shape index (κ3) is 3.07. The molecule has 2 aliphatic rings. The van der Waals surface area contributed by atoms with Crippen molar-refractivity contribution < 1.29 is 9.47 Å². The molecule has 116 valence electrons. The van der Waals surface area contributed by atoms with Gasteiger partial charge in [0, 0.05) is 13.1 Å². The molecule has 21 heavy (non-hydrogen) atoms. The molecule has 0 aliphatic carbocycles. The lowest BCUT2D eigenvalue weighted by Crippen LogP contribution is -2.46. The maximum absolute atomic E-state index is 6.32. The Bertz CT molecular complexity index is 502. The summed E-state index contributed by atoms with van der Waals surface area (Å²) in [7, 11) is 0. The van der Waals surface area contributed by atoms with Gasteiger partial charge in [-0.15, -0.1) is 0 Å². The van der Waals surface area contributed by atoms with Gasteiger partial charge in [0.25, 0.3) is 0 Å². The van der Waals surface area contributed by atoms with Crippen LogP contribution in [0, 0.1) is 0 Å². The van der Waals surface area contributed by atoms with Crippen LogP contribution in [0.1, 0.15) is 13.8 Å². The molecular formula is C14H21ClN4O2. The van der Waals surface area contributed by atoms with E-state index in [9.17, 15) is 0 Å². The number of morpholine rings is 2. The summed E-state index contributed by atoms with van der Waals surface area (Å²) in [6.45, 7) is 8.66. The third-order valence-corrected chi connectivity index (χ3v) is 4.24. The molecule has 2 aliphatic heterocycles. The number of aromatic nitrogens is 2. The van der Waals surface area contributed by atoms with Crippen LogP contribution >= 0.6 is 11.6 Å².